The highest BCUT2D eigenvalue weighted by atomic mass is 32.1. The van der Waals surface area contributed by atoms with Crippen LogP contribution in [0.15, 0.2) is 136 Å². The van der Waals surface area contributed by atoms with Gasteiger partial charge in [-0.1, -0.05) is 78.9 Å². The van der Waals surface area contributed by atoms with Gasteiger partial charge in [-0.05, 0) is 43.0 Å². The van der Waals surface area contributed by atoms with Gasteiger partial charge in [-0.25, -0.2) is 0 Å². The molecule has 4 heterocycles. The number of aliphatic imine (C=N–C) groups is 2. The third-order valence-corrected chi connectivity index (χ3v) is 11.2. The van der Waals surface area contributed by atoms with E-state index in [0.717, 1.165) is 19.3 Å². The summed E-state index contributed by atoms with van der Waals surface area (Å²) in [5.41, 5.74) is 7.96. The van der Waals surface area contributed by atoms with Crippen molar-refractivity contribution in [3.05, 3.63) is 132 Å². The molecular formula is C37H32N4S. The Morgan fingerprint density at radius 2 is 1.79 bits per heavy atom. The van der Waals surface area contributed by atoms with Crippen molar-refractivity contribution in [2.75, 3.05) is 7.05 Å². The summed E-state index contributed by atoms with van der Waals surface area (Å²) in [6.07, 6.45) is 27.8. The Labute approximate surface area is 250 Å². The van der Waals surface area contributed by atoms with Gasteiger partial charge in [0, 0.05) is 68.8 Å². The van der Waals surface area contributed by atoms with Gasteiger partial charge in [-0.3, -0.25) is 9.98 Å². The van der Waals surface area contributed by atoms with E-state index in [1.807, 2.05) is 23.8 Å². The lowest BCUT2D eigenvalue weighted by molar-refractivity contribution is 0.173. The maximum Gasteiger partial charge on any atom is 0.0763 e. The van der Waals surface area contributed by atoms with Gasteiger partial charge in [0.2, 0.25) is 0 Å². The number of likely N-dealkylation sites (N-methyl/N-ethyl adjacent to an activating group) is 1. The molecule has 0 saturated heterocycles. The Balaban J connectivity index is 1.29. The number of hydrogen-bond acceptors (Lipinski definition) is 5. The first-order valence-corrected chi connectivity index (χ1v) is 16.0. The summed E-state index contributed by atoms with van der Waals surface area (Å²) in [5, 5.41) is 2.69. The molecule has 4 nitrogen and oxygen atoms in total. The van der Waals surface area contributed by atoms with Crippen LogP contribution in [0.2, 0.25) is 0 Å². The Morgan fingerprint density at radius 1 is 0.905 bits per heavy atom. The lowest BCUT2D eigenvalue weighted by Crippen LogP contribution is -2.56. The van der Waals surface area contributed by atoms with Crippen LogP contribution in [0.5, 0.6) is 0 Å². The average Bonchev–Trinajstić information content (AvgIpc) is 3.44. The van der Waals surface area contributed by atoms with Crippen LogP contribution in [-0.2, 0) is 0 Å². The number of fused-ring (bicyclic) bond motifs is 6. The van der Waals surface area contributed by atoms with E-state index in [0.29, 0.717) is 6.04 Å². The molecule has 0 saturated carbocycles. The van der Waals surface area contributed by atoms with E-state index in [-0.39, 0.29) is 23.8 Å². The maximum absolute atomic E-state index is 5.25. The van der Waals surface area contributed by atoms with Crippen molar-refractivity contribution in [2.24, 2.45) is 21.8 Å². The van der Waals surface area contributed by atoms with Crippen molar-refractivity contribution in [1.82, 2.24) is 9.80 Å². The number of benzene rings is 2. The van der Waals surface area contributed by atoms with Gasteiger partial charge in [-0.2, -0.15) is 0 Å². The molecule has 5 heteroatoms. The molecule has 5 atom stereocenters. The van der Waals surface area contributed by atoms with Crippen molar-refractivity contribution >= 4 is 43.4 Å². The number of rotatable bonds is 2. The molecule has 9 rings (SSSR count). The number of thiophene rings is 1. The lowest BCUT2D eigenvalue weighted by Gasteiger charge is -2.53. The van der Waals surface area contributed by atoms with Gasteiger partial charge in [0.15, 0.2) is 0 Å². The Hall–Kier alpha value is -4.22. The average molecular weight is 565 g/mol. The van der Waals surface area contributed by atoms with E-state index >= 15 is 0 Å². The second-order valence-corrected chi connectivity index (χ2v) is 13.0. The van der Waals surface area contributed by atoms with Crippen LogP contribution in [0.25, 0.3) is 20.2 Å². The third-order valence-electron chi connectivity index (χ3n) is 9.92. The molecule has 0 radical (unpaired) electrons. The standard InChI is InChI=1S/C37H32N4S/c1-40-28-16-3-5-18-30(28)41(31-19-6-4-17-29(31)40)36-27-15-10-21-38-34(27)33(25-14-9-22-39-35(25)36)26-13-8-12-24-23-11-2-7-20-32(23)42-37(24)26/h2-3,5-14,16,18-22,25,27-28,30,33H,4,15,17H2,1H3. The summed E-state index contributed by atoms with van der Waals surface area (Å²) in [4.78, 5) is 15.7. The molecule has 0 N–H and O–H groups in total. The minimum absolute atomic E-state index is 0.125. The zero-order valence-electron chi connectivity index (χ0n) is 23.6. The number of dihydropyridines is 1. The van der Waals surface area contributed by atoms with Gasteiger partial charge >= 0.3 is 0 Å². The molecular weight excluding hydrogens is 533 g/mol. The van der Waals surface area contributed by atoms with Crippen LogP contribution in [0.1, 0.15) is 30.7 Å². The fourth-order valence-corrected chi connectivity index (χ4v) is 9.37. The lowest BCUT2D eigenvalue weighted by atomic mass is 9.67. The van der Waals surface area contributed by atoms with E-state index < -0.39 is 0 Å². The molecule has 5 unspecified atom stereocenters. The summed E-state index contributed by atoms with van der Waals surface area (Å²) in [6, 6.07) is 16.2. The number of hydrogen-bond donors (Lipinski definition) is 0. The molecule has 6 aliphatic rings. The van der Waals surface area contributed by atoms with E-state index in [2.05, 4.69) is 114 Å². The zero-order valence-corrected chi connectivity index (χ0v) is 24.4. The van der Waals surface area contributed by atoms with E-state index in [1.165, 1.54) is 54.2 Å². The second kappa shape index (κ2) is 9.40. The zero-order chi connectivity index (χ0) is 27.8. The van der Waals surface area contributed by atoms with Crippen molar-refractivity contribution < 1.29 is 0 Å². The monoisotopic (exact) mass is 564 g/mol. The molecule has 3 aliphatic carbocycles. The second-order valence-electron chi connectivity index (χ2n) is 12.0. The van der Waals surface area contributed by atoms with Crippen LogP contribution >= 0.6 is 11.3 Å². The molecule has 3 aliphatic heterocycles. The normalized spacial score (nSPS) is 29.3. The van der Waals surface area contributed by atoms with Gasteiger partial charge in [0.25, 0.3) is 0 Å². The topological polar surface area (TPSA) is 31.2 Å². The van der Waals surface area contributed by atoms with Crippen molar-refractivity contribution in [3.63, 3.8) is 0 Å². The fourth-order valence-electron chi connectivity index (χ4n) is 8.12. The predicted molar refractivity (Wildman–Crippen MR) is 176 cm³/mol. The van der Waals surface area contributed by atoms with Gasteiger partial charge in [0.1, 0.15) is 0 Å². The Kier molecular flexibility index (Phi) is 5.46. The van der Waals surface area contributed by atoms with E-state index in [1.54, 1.807) is 0 Å². The minimum Gasteiger partial charge on any atom is -0.367 e. The highest BCUT2D eigenvalue weighted by molar-refractivity contribution is 7.26. The van der Waals surface area contributed by atoms with E-state index in [9.17, 15) is 0 Å². The van der Waals surface area contributed by atoms with Crippen molar-refractivity contribution in [2.45, 2.75) is 37.3 Å². The Bertz CT molecular complexity index is 1920. The SMILES string of the molecule is CN1C2=C(C=CCC2)N(C2=C3N=CC=CC3C(c3cccc4c3sc3ccccc34)C3=NC=CCC32)C2C=CC=CC21. The fraction of sp³-hybridized carbons (Fsp3) is 0.243. The van der Waals surface area contributed by atoms with Gasteiger partial charge < -0.3 is 9.80 Å². The van der Waals surface area contributed by atoms with Crippen molar-refractivity contribution in [1.29, 1.82) is 0 Å². The summed E-state index contributed by atoms with van der Waals surface area (Å²) in [5.74, 6) is 0.441. The number of allylic oxidation sites excluding steroid dienone is 9. The molecule has 0 amide bonds. The smallest absolute Gasteiger partial charge is 0.0763 e. The highest BCUT2D eigenvalue weighted by Gasteiger charge is 2.49. The summed E-state index contributed by atoms with van der Waals surface area (Å²) >= 11 is 1.92. The molecule has 206 valence electrons. The predicted octanol–water partition coefficient (Wildman–Crippen LogP) is 8.27. The van der Waals surface area contributed by atoms with Gasteiger partial charge in [-0.15, -0.1) is 11.3 Å². The first-order chi connectivity index (χ1) is 20.8. The molecule has 1 aromatic heterocycles. The van der Waals surface area contributed by atoms with Crippen LogP contribution in [-0.4, -0.2) is 40.9 Å². The summed E-state index contributed by atoms with van der Waals surface area (Å²) in [6.45, 7) is 0. The molecule has 0 bridgehead atoms. The van der Waals surface area contributed by atoms with Crippen LogP contribution in [0.3, 0.4) is 0 Å². The highest BCUT2D eigenvalue weighted by Crippen LogP contribution is 2.53. The molecule has 0 spiro atoms. The number of nitrogens with zero attached hydrogens (tertiary/aromatic N) is 4. The Morgan fingerprint density at radius 3 is 2.74 bits per heavy atom. The van der Waals surface area contributed by atoms with Crippen LogP contribution in [0.4, 0.5) is 0 Å². The first-order valence-electron chi connectivity index (χ1n) is 15.1. The molecule has 2 aromatic carbocycles. The van der Waals surface area contributed by atoms with Crippen molar-refractivity contribution in [3.8, 4) is 0 Å². The first kappa shape index (κ1) is 24.4. The quantitative estimate of drug-likeness (QED) is 0.314. The molecule has 0 fully saturated rings. The molecule has 3 aromatic rings. The van der Waals surface area contributed by atoms with E-state index in [4.69, 9.17) is 9.98 Å². The maximum atomic E-state index is 5.25. The van der Waals surface area contributed by atoms with Crippen LogP contribution in [0, 0.1) is 11.8 Å². The van der Waals surface area contributed by atoms with Crippen LogP contribution < -0.4 is 0 Å². The summed E-state index contributed by atoms with van der Waals surface area (Å²) < 4.78 is 2.72. The third kappa shape index (κ3) is 3.40. The largest absolute Gasteiger partial charge is 0.367 e. The molecule has 42 heavy (non-hydrogen) atoms. The minimum atomic E-state index is 0.125. The summed E-state index contributed by atoms with van der Waals surface area (Å²) in [7, 11) is 2.27. The van der Waals surface area contributed by atoms with Gasteiger partial charge in [0.05, 0.1) is 29.2 Å².